The SMILES string of the molecule is CC1(C)CC(O)(Cc2ccco2)C(C)(C)O1. The highest BCUT2D eigenvalue weighted by Gasteiger charge is 2.56. The molecule has 0 aromatic carbocycles. The van der Waals surface area contributed by atoms with E-state index in [1.54, 1.807) is 6.26 Å². The quantitative estimate of drug-likeness (QED) is 0.839. The number of ether oxygens (including phenoxy) is 1. The van der Waals surface area contributed by atoms with E-state index < -0.39 is 11.2 Å². The minimum atomic E-state index is -0.867. The van der Waals surface area contributed by atoms with Crippen molar-refractivity contribution in [3.8, 4) is 0 Å². The summed E-state index contributed by atoms with van der Waals surface area (Å²) in [6.45, 7) is 7.89. The molecule has 3 nitrogen and oxygen atoms in total. The van der Waals surface area contributed by atoms with Gasteiger partial charge in [0.1, 0.15) is 11.4 Å². The summed E-state index contributed by atoms with van der Waals surface area (Å²) in [7, 11) is 0. The van der Waals surface area contributed by atoms with E-state index in [9.17, 15) is 5.11 Å². The van der Waals surface area contributed by atoms with E-state index in [0.29, 0.717) is 12.8 Å². The van der Waals surface area contributed by atoms with Gasteiger partial charge < -0.3 is 14.3 Å². The Labute approximate surface area is 96.4 Å². The van der Waals surface area contributed by atoms with Crippen molar-refractivity contribution in [3.63, 3.8) is 0 Å². The van der Waals surface area contributed by atoms with Gasteiger partial charge in [0.2, 0.25) is 0 Å². The predicted octanol–water partition coefficient (Wildman–Crippen LogP) is 2.53. The maximum atomic E-state index is 10.7. The molecule has 1 aliphatic rings. The Morgan fingerprint density at radius 1 is 1.31 bits per heavy atom. The lowest BCUT2D eigenvalue weighted by Gasteiger charge is -2.34. The normalized spacial score (nSPS) is 31.8. The third kappa shape index (κ3) is 1.89. The van der Waals surface area contributed by atoms with Crippen molar-refractivity contribution in [3.05, 3.63) is 24.2 Å². The number of hydrogen-bond acceptors (Lipinski definition) is 3. The molecule has 0 radical (unpaired) electrons. The molecule has 1 fully saturated rings. The Morgan fingerprint density at radius 3 is 2.44 bits per heavy atom. The highest BCUT2D eigenvalue weighted by atomic mass is 16.5. The zero-order valence-electron chi connectivity index (χ0n) is 10.4. The van der Waals surface area contributed by atoms with Crippen molar-refractivity contribution in [2.45, 2.75) is 57.3 Å². The van der Waals surface area contributed by atoms with E-state index in [0.717, 1.165) is 5.76 Å². The average molecular weight is 224 g/mol. The van der Waals surface area contributed by atoms with Gasteiger partial charge in [-0.3, -0.25) is 0 Å². The fourth-order valence-electron chi connectivity index (χ4n) is 2.72. The molecule has 3 heteroatoms. The Bertz CT molecular complexity index is 365. The van der Waals surface area contributed by atoms with Crippen LogP contribution in [-0.2, 0) is 11.2 Å². The second kappa shape index (κ2) is 3.34. The highest BCUT2D eigenvalue weighted by Crippen LogP contribution is 2.46. The smallest absolute Gasteiger partial charge is 0.106 e. The van der Waals surface area contributed by atoms with Gasteiger partial charge in [-0.1, -0.05) is 0 Å². The van der Waals surface area contributed by atoms with Crippen LogP contribution in [0.2, 0.25) is 0 Å². The third-order valence-corrected chi connectivity index (χ3v) is 3.42. The first kappa shape index (κ1) is 11.7. The van der Waals surface area contributed by atoms with Crippen LogP contribution < -0.4 is 0 Å². The summed E-state index contributed by atoms with van der Waals surface area (Å²) in [6.07, 6.45) is 2.75. The van der Waals surface area contributed by atoms with E-state index >= 15 is 0 Å². The Balaban J connectivity index is 2.24. The van der Waals surface area contributed by atoms with E-state index in [4.69, 9.17) is 9.15 Å². The van der Waals surface area contributed by atoms with Gasteiger partial charge in [0.25, 0.3) is 0 Å². The monoisotopic (exact) mass is 224 g/mol. The summed E-state index contributed by atoms with van der Waals surface area (Å²) in [4.78, 5) is 0. The van der Waals surface area contributed by atoms with Gasteiger partial charge >= 0.3 is 0 Å². The molecule has 0 amide bonds. The number of rotatable bonds is 2. The van der Waals surface area contributed by atoms with Crippen LogP contribution in [0.3, 0.4) is 0 Å². The first-order chi connectivity index (χ1) is 7.24. The number of hydrogen-bond donors (Lipinski definition) is 1. The van der Waals surface area contributed by atoms with Crippen LogP contribution in [0.1, 0.15) is 39.9 Å². The third-order valence-electron chi connectivity index (χ3n) is 3.42. The van der Waals surface area contributed by atoms with Gasteiger partial charge in [-0.05, 0) is 39.8 Å². The second-order valence-corrected chi connectivity index (χ2v) is 5.84. The molecule has 0 bridgehead atoms. The molecule has 1 unspecified atom stereocenters. The summed E-state index contributed by atoms with van der Waals surface area (Å²) in [5.74, 6) is 0.803. The molecule has 1 saturated heterocycles. The minimum Gasteiger partial charge on any atom is -0.469 e. The standard InChI is InChI=1S/C13H20O3/c1-11(2)9-13(14,12(3,4)16-11)8-10-6-5-7-15-10/h5-7,14H,8-9H2,1-4H3. The molecule has 16 heavy (non-hydrogen) atoms. The lowest BCUT2D eigenvalue weighted by atomic mass is 9.79. The summed E-state index contributed by atoms with van der Waals surface area (Å²) in [5.41, 5.74) is -1.71. The lowest BCUT2D eigenvalue weighted by Crippen LogP contribution is -2.47. The molecule has 2 heterocycles. The highest BCUT2D eigenvalue weighted by molar-refractivity contribution is 5.13. The Hall–Kier alpha value is -0.800. The Kier molecular flexibility index (Phi) is 2.44. The maximum absolute atomic E-state index is 10.7. The first-order valence-electron chi connectivity index (χ1n) is 5.69. The van der Waals surface area contributed by atoms with E-state index in [1.807, 2.05) is 39.8 Å². The van der Waals surface area contributed by atoms with Crippen molar-refractivity contribution in [2.24, 2.45) is 0 Å². The van der Waals surface area contributed by atoms with E-state index in [-0.39, 0.29) is 5.60 Å². The van der Waals surface area contributed by atoms with E-state index in [1.165, 1.54) is 0 Å². The van der Waals surface area contributed by atoms with Gasteiger partial charge in [0.15, 0.2) is 0 Å². The summed E-state index contributed by atoms with van der Waals surface area (Å²) in [6, 6.07) is 3.73. The van der Waals surface area contributed by atoms with Gasteiger partial charge in [0, 0.05) is 12.8 Å². The summed E-state index contributed by atoms with van der Waals surface area (Å²) >= 11 is 0. The van der Waals surface area contributed by atoms with Crippen LogP contribution >= 0.6 is 0 Å². The molecule has 1 atom stereocenters. The van der Waals surface area contributed by atoms with Crippen LogP contribution in [0.15, 0.2) is 22.8 Å². The molecule has 0 saturated carbocycles. The van der Waals surface area contributed by atoms with Gasteiger partial charge in [-0.2, -0.15) is 0 Å². The van der Waals surface area contributed by atoms with Crippen molar-refractivity contribution in [2.75, 3.05) is 0 Å². The van der Waals surface area contributed by atoms with E-state index in [2.05, 4.69) is 0 Å². The zero-order valence-corrected chi connectivity index (χ0v) is 10.4. The zero-order chi connectivity index (χ0) is 12.0. The molecule has 1 aromatic rings. The molecule has 0 spiro atoms. The molecule has 90 valence electrons. The average Bonchev–Trinajstić information content (AvgIpc) is 2.56. The largest absolute Gasteiger partial charge is 0.469 e. The number of aliphatic hydroxyl groups is 1. The fraction of sp³-hybridized carbons (Fsp3) is 0.692. The predicted molar refractivity (Wildman–Crippen MR) is 61.2 cm³/mol. The molecule has 1 aromatic heterocycles. The van der Waals surface area contributed by atoms with Crippen molar-refractivity contribution in [1.29, 1.82) is 0 Å². The Morgan fingerprint density at radius 2 is 2.00 bits per heavy atom. The molecular formula is C13H20O3. The first-order valence-corrected chi connectivity index (χ1v) is 5.69. The minimum absolute atomic E-state index is 0.287. The van der Waals surface area contributed by atoms with Crippen LogP contribution in [-0.4, -0.2) is 21.9 Å². The molecule has 0 aliphatic carbocycles. The molecule has 1 N–H and O–H groups in total. The summed E-state index contributed by atoms with van der Waals surface area (Å²) < 4.78 is 11.2. The van der Waals surface area contributed by atoms with Crippen molar-refractivity contribution < 1.29 is 14.3 Å². The molecular weight excluding hydrogens is 204 g/mol. The maximum Gasteiger partial charge on any atom is 0.106 e. The van der Waals surface area contributed by atoms with Gasteiger partial charge in [-0.25, -0.2) is 0 Å². The van der Waals surface area contributed by atoms with Crippen LogP contribution in [0, 0.1) is 0 Å². The second-order valence-electron chi connectivity index (χ2n) is 5.84. The van der Waals surface area contributed by atoms with Crippen molar-refractivity contribution >= 4 is 0 Å². The van der Waals surface area contributed by atoms with Crippen molar-refractivity contribution in [1.82, 2.24) is 0 Å². The lowest BCUT2D eigenvalue weighted by molar-refractivity contribution is -0.127. The van der Waals surface area contributed by atoms with Crippen LogP contribution in [0.4, 0.5) is 0 Å². The number of furan rings is 1. The van der Waals surface area contributed by atoms with Gasteiger partial charge in [-0.15, -0.1) is 0 Å². The topological polar surface area (TPSA) is 42.6 Å². The molecule has 1 aliphatic heterocycles. The fourth-order valence-corrected chi connectivity index (χ4v) is 2.72. The summed E-state index contributed by atoms with van der Waals surface area (Å²) in [5, 5.41) is 10.7. The molecule has 2 rings (SSSR count). The van der Waals surface area contributed by atoms with Gasteiger partial charge in [0.05, 0.1) is 17.5 Å². The van der Waals surface area contributed by atoms with Crippen LogP contribution in [0.5, 0.6) is 0 Å². The van der Waals surface area contributed by atoms with Crippen LogP contribution in [0.25, 0.3) is 0 Å².